The van der Waals surface area contributed by atoms with Crippen LogP contribution in [0, 0.1) is 18.7 Å². The lowest BCUT2D eigenvalue weighted by Crippen LogP contribution is -2.18. The minimum absolute atomic E-state index is 0.276. The van der Waals surface area contributed by atoms with Crippen molar-refractivity contribution >= 4 is 12.3 Å². The fourth-order valence-electron chi connectivity index (χ4n) is 2.28. The molecular formula is C13H14FNO3. The summed E-state index contributed by atoms with van der Waals surface area (Å²) in [5.41, 5.74) is 1.36. The number of carbonyl (C=O) groups excluding carboxylic acids is 1. The maximum Gasteiger partial charge on any atom is 0.307 e. The van der Waals surface area contributed by atoms with E-state index in [0.29, 0.717) is 35.9 Å². The van der Waals surface area contributed by atoms with Crippen LogP contribution in [0.1, 0.15) is 33.9 Å². The summed E-state index contributed by atoms with van der Waals surface area (Å²) < 4.78 is 13.5. The van der Waals surface area contributed by atoms with Gasteiger partial charge in [0, 0.05) is 18.2 Å². The third-order valence-corrected chi connectivity index (χ3v) is 3.35. The quantitative estimate of drug-likeness (QED) is 0.802. The summed E-state index contributed by atoms with van der Waals surface area (Å²) in [6.45, 7) is 1.93. The molecule has 18 heavy (non-hydrogen) atoms. The van der Waals surface area contributed by atoms with Gasteiger partial charge in [0.25, 0.3) is 0 Å². The van der Waals surface area contributed by atoms with E-state index < -0.39 is 11.9 Å². The highest BCUT2D eigenvalue weighted by Crippen LogP contribution is 2.30. The van der Waals surface area contributed by atoms with Crippen LogP contribution in [0.25, 0.3) is 0 Å². The molecule has 1 heterocycles. The van der Waals surface area contributed by atoms with Gasteiger partial charge >= 0.3 is 5.97 Å². The molecule has 1 fully saturated rings. The Labute approximate surface area is 104 Å². The van der Waals surface area contributed by atoms with Crippen molar-refractivity contribution in [3.05, 3.63) is 34.6 Å². The van der Waals surface area contributed by atoms with Crippen molar-refractivity contribution in [2.75, 3.05) is 6.54 Å². The second kappa shape index (κ2) is 4.86. The smallest absolute Gasteiger partial charge is 0.307 e. The van der Waals surface area contributed by atoms with E-state index in [9.17, 15) is 14.0 Å². The average molecular weight is 251 g/mol. The molecular weight excluding hydrogens is 237 g/mol. The Balaban J connectivity index is 2.31. The molecule has 0 aromatic heterocycles. The Bertz CT molecular complexity index is 501. The number of hydrogen-bond donors (Lipinski definition) is 2. The lowest BCUT2D eigenvalue weighted by Gasteiger charge is -2.14. The van der Waals surface area contributed by atoms with Crippen molar-refractivity contribution in [2.24, 2.45) is 5.92 Å². The predicted molar refractivity (Wildman–Crippen MR) is 63.0 cm³/mol. The lowest BCUT2D eigenvalue weighted by atomic mass is 9.95. The molecule has 0 bridgehead atoms. The van der Waals surface area contributed by atoms with E-state index in [-0.39, 0.29) is 11.9 Å². The molecule has 1 aromatic carbocycles. The number of nitrogens with one attached hydrogen (secondary N) is 1. The van der Waals surface area contributed by atoms with Crippen LogP contribution in [0.2, 0.25) is 0 Å². The molecule has 2 N–H and O–H groups in total. The normalized spacial score (nSPS) is 23.0. The maximum atomic E-state index is 13.5. The van der Waals surface area contributed by atoms with Crippen LogP contribution in [0.3, 0.4) is 0 Å². The first-order valence-electron chi connectivity index (χ1n) is 5.74. The van der Waals surface area contributed by atoms with Gasteiger partial charge in [-0.25, -0.2) is 4.39 Å². The molecule has 0 saturated carbocycles. The number of benzene rings is 1. The van der Waals surface area contributed by atoms with Crippen molar-refractivity contribution in [1.29, 1.82) is 0 Å². The standard InChI is InChI=1S/C13H14FNO3/c1-7-2-9(6-16)10(4-11(7)14)12-3-8(5-15-12)13(17)18/h2,4,6,8,12,15H,3,5H2,1H3,(H,17,18). The third-order valence-electron chi connectivity index (χ3n) is 3.35. The Morgan fingerprint density at radius 1 is 1.56 bits per heavy atom. The summed E-state index contributed by atoms with van der Waals surface area (Å²) in [7, 11) is 0. The van der Waals surface area contributed by atoms with Gasteiger partial charge in [-0.2, -0.15) is 0 Å². The van der Waals surface area contributed by atoms with E-state index in [4.69, 9.17) is 5.11 Å². The molecule has 1 aliphatic heterocycles. The molecule has 0 radical (unpaired) electrons. The summed E-state index contributed by atoms with van der Waals surface area (Å²) in [5, 5.41) is 11.9. The number of aldehydes is 1. The number of carbonyl (C=O) groups is 2. The molecule has 5 heteroatoms. The third kappa shape index (κ3) is 2.26. The van der Waals surface area contributed by atoms with Crippen molar-refractivity contribution in [1.82, 2.24) is 5.32 Å². The number of carboxylic acids is 1. The van der Waals surface area contributed by atoms with Crippen molar-refractivity contribution in [2.45, 2.75) is 19.4 Å². The number of halogens is 1. The minimum Gasteiger partial charge on any atom is -0.481 e. The molecule has 96 valence electrons. The molecule has 2 atom stereocenters. The largest absolute Gasteiger partial charge is 0.481 e. The maximum absolute atomic E-state index is 13.5. The molecule has 0 spiro atoms. The first kappa shape index (κ1) is 12.7. The van der Waals surface area contributed by atoms with Gasteiger partial charge in [-0.3, -0.25) is 9.59 Å². The van der Waals surface area contributed by atoms with E-state index in [1.807, 2.05) is 0 Å². The van der Waals surface area contributed by atoms with Gasteiger partial charge < -0.3 is 10.4 Å². The number of rotatable bonds is 3. The molecule has 1 aliphatic rings. The minimum atomic E-state index is -0.870. The molecule has 2 rings (SSSR count). The first-order valence-corrected chi connectivity index (χ1v) is 5.74. The second-order valence-corrected chi connectivity index (χ2v) is 4.58. The lowest BCUT2D eigenvalue weighted by molar-refractivity contribution is -0.141. The molecule has 2 unspecified atom stereocenters. The van der Waals surface area contributed by atoms with Gasteiger partial charge in [-0.05, 0) is 36.6 Å². The van der Waals surface area contributed by atoms with E-state index in [2.05, 4.69) is 5.32 Å². The summed E-state index contributed by atoms with van der Waals surface area (Å²) in [4.78, 5) is 21.9. The van der Waals surface area contributed by atoms with Crippen LogP contribution in [-0.4, -0.2) is 23.9 Å². The van der Waals surface area contributed by atoms with Crippen molar-refractivity contribution < 1.29 is 19.1 Å². The number of hydrogen-bond acceptors (Lipinski definition) is 3. The molecule has 4 nitrogen and oxygen atoms in total. The SMILES string of the molecule is Cc1cc(C=O)c(C2CC(C(=O)O)CN2)cc1F. The number of aliphatic carboxylic acids is 1. The van der Waals surface area contributed by atoms with Crippen LogP contribution < -0.4 is 5.32 Å². The molecule has 0 aliphatic carbocycles. The first-order chi connectivity index (χ1) is 8.52. The van der Waals surface area contributed by atoms with Crippen LogP contribution in [0.5, 0.6) is 0 Å². The predicted octanol–water partition coefficient (Wildman–Crippen LogP) is 1.68. The van der Waals surface area contributed by atoms with Crippen LogP contribution in [-0.2, 0) is 4.79 Å². The summed E-state index contributed by atoms with van der Waals surface area (Å²) in [6, 6.07) is 2.54. The van der Waals surface area contributed by atoms with Crippen LogP contribution in [0.4, 0.5) is 4.39 Å². The topological polar surface area (TPSA) is 66.4 Å². The summed E-state index contributed by atoms with van der Waals surface area (Å²) in [6.07, 6.45) is 1.05. The van der Waals surface area contributed by atoms with Crippen LogP contribution in [0.15, 0.2) is 12.1 Å². The Kier molecular flexibility index (Phi) is 3.43. The van der Waals surface area contributed by atoms with E-state index >= 15 is 0 Å². The number of aryl methyl sites for hydroxylation is 1. The molecule has 1 saturated heterocycles. The summed E-state index contributed by atoms with van der Waals surface area (Å²) in [5.74, 6) is -1.74. The number of carboxylic acid groups (broad SMARTS) is 1. The fraction of sp³-hybridized carbons (Fsp3) is 0.385. The molecule has 1 aromatic rings. The monoisotopic (exact) mass is 251 g/mol. The zero-order valence-electron chi connectivity index (χ0n) is 9.94. The van der Waals surface area contributed by atoms with Crippen molar-refractivity contribution in [3.63, 3.8) is 0 Å². The fourth-order valence-corrected chi connectivity index (χ4v) is 2.28. The van der Waals surface area contributed by atoms with E-state index in [1.165, 1.54) is 12.1 Å². The van der Waals surface area contributed by atoms with Gasteiger partial charge in [0.1, 0.15) is 12.1 Å². The van der Waals surface area contributed by atoms with Gasteiger partial charge in [0.15, 0.2) is 0 Å². The van der Waals surface area contributed by atoms with Gasteiger partial charge in [-0.15, -0.1) is 0 Å². The summed E-state index contributed by atoms with van der Waals surface area (Å²) >= 11 is 0. The Morgan fingerprint density at radius 3 is 2.83 bits per heavy atom. The van der Waals surface area contributed by atoms with Crippen molar-refractivity contribution in [3.8, 4) is 0 Å². The van der Waals surface area contributed by atoms with Crippen LogP contribution >= 0.6 is 0 Å². The zero-order chi connectivity index (χ0) is 13.3. The van der Waals surface area contributed by atoms with Gasteiger partial charge in [-0.1, -0.05) is 0 Å². The Hall–Kier alpha value is -1.75. The second-order valence-electron chi connectivity index (χ2n) is 4.58. The highest BCUT2D eigenvalue weighted by molar-refractivity contribution is 5.78. The molecule has 0 amide bonds. The highest BCUT2D eigenvalue weighted by Gasteiger charge is 2.31. The van der Waals surface area contributed by atoms with Gasteiger partial charge in [0.05, 0.1) is 5.92 Å². The van der Waals surface area contributed by atoms with E-state index in [1.54, 1.807) is 6.92 Å². The van der Waals surface area contributed by atoms with Gasteiger partial charge in [0.2, 0.25) is 0 Å². The zero-order valence-corrected chi connectivity index (χ0v) is 9.94. The Morgan fingerprint density at radius 2 is 2.28 bits per heavy atom. The highest BCUT2D eigenvalue weighted by atomic mass is 19.1. The van der Waals surface area contributed by atoms with E-state index in [0.717, 1.165) is 0 Å². The average Bonchev–Trinajstić information content (AvgIpc) is 2.81.